The van der Waals surface area contributed by atoms with Gasteiger partial charge in [-0.3, -0.25) is 14.5 Å². The molecule has 23 heavy (non-hydrogen) atoms. The summed E-state index contributed by atoms with van der Waals surface area (Å²) in [5.41, 5.74) is 2.73. The van der Waals surface area contributed by atoms with Crippen LogP contribution in [-0.2, 0) is 16.0 Å². The summed E-state index contributed by atoms with van der Waals surface area (Å²) in [4.78, 5) is 28.3. The zero-order valence-corrected chi connectivity index (χ0v) is 13.8. The number of aliphatic hydroxyl groups is 1. The SMILES string of the molecule is CCc1cccc(C)c1NC(=O)C(=O)N1CCN(CCO)CC1. The molecule has 1 aromatic carbocycles. The fourth-order valence-corrected chi connectivity index (χ4v) is 2.83. The molecular formula is C17H25N3O3. The van der Waals surface area contributed by atoms with Gasteiger partial charge in [-0.2, -0.15) is 0 Å². The van der Waals surface area contributed by atoms with Gasteiger partial charge in [-0.25, -0.2) is 0 Å². The highest BCUT2D eigenvalue weighted by atomic mass is 16.3. The Labute approximate surface area is 137 Å². The van der Waals surface area contributed by atoms with Crippen molar-refractivity contribution >= 4 is 17.5 Å². The van der Waals surface area contributed by atoms with Crippen molar-refractivity contribution in [2.45, 2.75) is 20.3 Å². The lowest BCUT2D eigenvalue weighted by atomic mass is 10.1. The first-order valence-corrected chi connectivity index (χ1v) is 8.08. The Kier molecular flexibility index (Phi) is 6.12. The maximum Gasteiger partial charge on any atom is 0.313 e. The van der Waals surface area contributed by atoms with E-state index in [1.54, 1.807) is 4.90 Å². The number of hydrogen-bond acceptors (Lipinski definition) is 4. The average molecular weight is 319 g/mol. The van der Waals surface area contributed by atoms with Crippen molar-refractivity contribution in [3.63, 3.8) is 0 Å². The third-order valence-electron chi connectivity index (χ3n) is 4.25. The van der Waals surface area contributed by atoms with E-state index >= 15 is 0 Å². The minimum absolute atomic E-state index is 0.113. The Morgan fingerprint density at radius 1 is 1.22 bits per heavy atom. The molecule has 0 atom stereocenters. The maximum atomic E-state index is 12.3. The van der Waals surface area contributed by atoms with Gasteiger partial charge in [-0.1, -0.05) is 25.1 Å². The molecule has 126 valence electrons. The van der Waals surface area contributed by atoms with Crippen molar-refractivity contribution in [2.75, 3.05) is 44.6 Å². The number of aryl methyl sites for hydroxylation is 2. The van der Waals surface area contributed by atoms with Crippen molar-refractivity contribution in [1.82, 2.24) is 9.80 Å². The molecule has 0 spiro atoms. The second kappa shape index (κ2) is 8.08. The molecule has 1 fully saturated rings. The number of piperazine rings is 1. The largest absolute Gasteiger partial charge is 0.395 e. The number of nitrogens with one attached hydrogen (secondary N) is 1. The minimum atomic E-state index is -0.579. The fraction of sp³-hybridized carbons (Fsp3) is 0.529. The van der Waals surface area contributed by atoms with Gasteiger partial charge in [0.15, 0.2) is 0 Å². The number of β-amino-alcohol motifs (C(OH)–C–C–N with tert-alkyl or cyclic N) is 1. The van der Waals surface area contributed by atoms with Crippen LogP contribution in [0.15, 0.2) is 18.2 Å². The van der Waals surface area contributed by atoms with Gasteiger partial charge in [0.2, 0.25) is 0 Å². The van der Waals surface area contributed by atoms with Crippen LogP contribution in [0.1, 0.15) is 18.1 Å². The van der Waals surface area contributed by atoms with Crippen molar-refractivity contribution in [3.8, 4) is 0 Å². The van der Waals surface area contributed by atoms with E-state index in [1.807, 2.05) is 32.0 Å². The summed E-state index contributed by atoms with van der Waals surface area (Å²) >= 11 is 0. The minimum Gasteiger partial charge on any atom is -0.395 e. The van der Waals surface area contributed by atoms with Crippen molar-refractivity contribution < 1.29 is 14.7 Å². The lowest BCUT2D eigenvalue weighted by Crippen LogP contribution is -2.52. The number of carbonyl (C=O) groups is 2. The maximum absolute atomic E-state index is 12.3. The fourth-order valence-electron chi connectivity index (χ4n) is 2.83. The molecule has 2 N–H and O–H groups in total. The standard InChI is InChI=1S/C17H25N3O3/c1-3-14-6-4-5-13(2)15(14)18-16(22)17(23)20-9-7-19(8-10-20)11-12-21/h4-6,21H,3,7-12H2,1-2H3,(H,18,22). The smallest absolute Gasteiger partial charge is 0.313 e. The second-order valence-corrected chi connectivity index (χ2v) is 5.77. The van der Waals surface area contributed by atoms with Crippen LogP contribution in [0.3, 0.4) is 0 Å². The number of nitrogens with zero attached hydrogens (tertiary/aromatic N) is 2. The third kappa shape index (κ3) is 4.30. The van der Waals surface area contributed by atoms with E-state index in [0.717, 1.165) is 23.2 Å². The van der Waals surface area contributed by atoms with Gasteiger partial charge in [0.25, 0.3) is 0 Å². The van der Waals surface area contributed by atoms with Crippen LogP contribution < -0.4 is 5.32 Å². The Balaban J connectivity index is 1.98. The van der Waals surface area contributed by atoms with Crippen molar-refractivity contribution in [2.24, 2.45) is 0 Å². The molecule has 2 amide bonds. The molecular weight excluding hydrogens is 294 g/mol. The topological polar surface area (TPSA) is 72.9 Å². The van der Waals surface area contributed by atoms with Gasteiger partial charge in [0, 0.05) is 38.4 Å². The van der Waals surface area contributed by atoms with Crippen LogP contribution in [0, 0.1) is 6.92 Å². The number of para-hydroxylation sites is 1. The van der Waals surface area contributed by atoms with E-state index < -0.39 is 11.8 Å². The van der Waals surface area contributed by atoms with E-state index in [0.29, 0.717) is 32.7 Å². The molecule has 0 aromatic heterocycles. The van der Waals surface area contributed by atoms with Gasteiger partial charge in [-0.05, 0) is 24.5 Å². The Hall–Kier alpha value is -1.92. The number of rotatable bonds is 4. The first-order valence-electron chi connectivity index (χ1n) is 8.08. The lowest BCUT2D eigenvalue weighted by molar-refractivity contribution is -0.144. The van der Waals surface area contributed by atoms with Crippen LogP contribution in [0.5, 0.6) is 0 Å². The van der Waals surface area contributed by atoms with E-state index in [9.17, 15) is 9.59 Å². The number of hydrogen-bond donors (Lipinski definition) is 2. The molecule has 1 aliphatic heterocycles. The number of amides is 2. The van der Waals surface area contributed by atoms with Crippen LogP contribution in [0.2, 0.25) is 0 Å². The molecule has 0 aliphatic carbocycles. The molecule has 1 aromatic rings. The van der Waals surface area contributed by atoms with Crippen LogP contribution in [0.4, 0.5) is 5.69 Å². The highest BCUT2D eigenvalue weighted by Gasteiger charge is 2.26. The van der Waals surface area contributed by atoms with Gasteiger partial charge in [0.05, 0.1) is 6.61 Å². The van der Waals surface area contributed by atoms with Gasteiger partial charge < -0.3 is 15.3 Å². The molecule has 0 bridgehead atoms. The number of carbonyl (C=O) groups excluding carboxylic acids is 2. The van der Waals surface area contributed by atoms with E-state index in [2.05, 4.69) is 10.2 Å². The molecule has 0 radical (unpaired) electrons. The summed E-state index contributed by atoms with van der Waals surface area (Å²) in [6.45, 7) is 7.06. The van der Waals surface area contributed by atoms with Crippen LogP contribution in [0.25, 0.3) is 0 Å². The zero-order valence-electron chi connectivity index (χ0n) is 13.8. The van der Waals surface area contributed by atoms with Crippen molar-refractivity contribution in [1.29, 1.82) is 0 Å². The first kappa shape index (κ1) is 17.4. The lowest BCUT2D eigenvalue weighted by Gasteiger charge is -2.33. The van der Waals surface area contributed by atoms with Gasteiger partial charge in [-0.15, -0.1) is 0 Å². The van der Waals surface area contributed by atoms with Crippen LogP contribution >= 0.6 is 0 Å². The van der Waals surface area contributed by atoms with Gasteiger partial charge in [0.1, 0.15) is 0 Å². The summed E-state index contributed by atoms with van der Waals surface area (Å²) in [6.07, 6.45) is 0.797. The predicted octanol–water partition coefficient (Wildman–Crippen LogP) is 0.632. The third-order valence-corrected chi connectivity index (χ3v) is 4.25. The van der Waals surface area contributed by atoms with Gasteiger partial charge >= 0.3 is 11.8 Å². The molecule has 1 heterocycles. The summed E-state index contributed by atoms with van der Waals surface area (Å²) in [5, 5.41) is 11.7. The molecule has 0 saturated carbocycles. The molecule has 0 unspecified atom stereocenters. The van der Waals surface area contributed by atoms with E-state index in [-0.39, 0.29) is 6.61 Å². The summed E-state index contributed by atoms with van der Waals surface area (Å²) in [5.74, 6) is -1.07. The molecule has 1 saturated heterocycles. The predicted molar refractivity (Wildman–Crippen MR) is 89.3 cm³/mol. The Bertz CT molecular complexity index is 566. The van der Waals surface area contributed by atoms with E-state index in [1.165, 1.54) is 0 Å². The second-order valence-electron chi connectivity index (χ2n) is 5.77. The Morgan fingerprint density at radius 3 is 2.52 bits per heavy atom. The monoisotopic (exact) mass is 319 g/mol. The molecule has 1 aliphatic rings. The highest BCUT2D eigenvalue weighted by molar-refractivity contribution is 6.39. The summed E-state index contributed by atoms with van der Waals surface area (Å²) < 4.78 is 0. The van der Waals surface area contributed by atoms with Crippen LogP contribution in [-0.4, -0.2) is 66.1 Å². The number of benzene rings is 1. The Morgan fingerprint density at radius 2 is 1.91 bits per heavy atom. The summed E-state index contributed by atoms with van der Waals surface area (Å²) in [6, 6.07) is 5.83. The summed E-state index contributed by atoms with van der Waals surface area (Å²) in [7, 11) is 0. The quantitative estimate of drug-likeness (QED) is 0.799. The molecule has 2 rings (SSSR count). The zero-order chi connectivity index (χ0) is 16.8. The normalized spacial score (nSPS) is 15.5. The number of anilines is 1. The first-order chi connectivity index (χ1) is 11.1. The number of aliphatic hydroxyl groups excluding tert-OH is 1. The molecule has 6 nitrogen and oxygen atoms in total. The highest BCUT2D eigenvalue weighted by Crippen LogP contribution is 2.21. The average Bonchev–Trinajstić information content (AvgIpc) is 2.57. The van der Waals surface area contributed by atoms with E-state index in [4.69, 9.17) is 5.11 Å². The van der Waals surface area contributed by atoms with Crippen molar-refractivity contribution in [3.05, 3.63) is 29.3 Å². The molecule has 6 heteroatoms.